The molecule has 0 saturated carbocycles. The third-order valence-electron chi connectivity index (χ3n) is 4.68. The van der Waals surface area contributed by atoms with Crippen molar-refractivity contribution < 1.29 is 9.22 Å². The topological polar surface area (TPSA) is 26.3 Å². The number of hydrogen-bond donors (Lipinski definition) is 0. The number of carbonyl (C=O) groups is 1. The first-order valence-electron chi connectivity index (χ1n) is 8.07. The molecule has 2 nitrogen and oxygen atoms in total. The van der Waals surface area contributed by atoms with Crippen molar-refractivity contribution in [2.45, 2.75) is 51.9 Å². The molecule has 0 saturated heterocycles. The van der Waals surface area contributed by atoms with E-state index in [1.165, 1.54) is 4.88 Å². The van der Waals surface area contributed by atoms with Crippen molar-refractivity contribution in [1.82, 2.24) is 0 Å². The smallest absolute Gasteiger partial charge is 0.192 e. The van der Waals surface area contributed by atoms with Gasteiger partial charge in [0.1, 0.15) is 0 Å². The van der Waals surface area contributed by atoms with Gasteiger partial charge in [-0.1, -0.05) is 44.5 Å². The maximum atomic E-state index is 11.2. The van der Waals surface area contributed by atoms with Gasteiger partial charge in [0.2, 0.25) is 0 Å². The quantitative estimate of drug-likeness (QED) is 0.432. The fourth-order valence-corrected chi connectivity index (χ4v) is 4.31. The van der Waals surface area contributed by atoms with Crippen LogP contribution in [0.5, 0.6) is 0 Å². The molecule has 1 aromatic carbocycles. The first-order valence-corrected chi connectivity index (χ1v) is 12.2. The Morgan fingerprint density at radius 2 is 1.96 bits per heavy atom. The molecule has 130 valence electrons. The Morgan fingerprint density at radius 3 is 2.54 bits per heavy atom. The molecule has 0 bridgehead atoms. The van der Waals surface area contributed by atoms with Crippen molar-refractivity contribution in [2.24, 2.45) is 0 Å². The zero-order valence-electron chi connectivity index (χ0n) is 15.0. The number of thiophene rings is 1. The molecule has 0 aliphatic carbocycles. The Labute approximate surface area is 154 Å². The Kier molecular flexibility index (Phi) is 6.08. The summed E-state index contributed by atoms with van der Waals surface area (Å²) in [5, 5.41) is 0.905. The second-order valence-corrected chi connectivity index (χ2v) is 14.0. The van der Waals surface area contributed by atoms with Gasteiger partial charge in [0, 0.05) is 16.3 Å². The maximum absolute atomic E-state index is 11.2. The number of rotatable bonds is 6. The first kappa shape index (κ1) is 19.4. The minimum atomic E-state index is -1.82. The van der Waals surface area contributed by atoms with Gasteiger partial charge in [-0.15, -0.1) is 11.3 Å². The van der Waals surface area contributed by atoms with E-state index in [2.05, 4.69) is 39.9 Å². The molecule has 0 radical (unpaired) electrons. The summed E-state index contributed by atoms with van der Waals surface area (Å²) in [4.78, 5) is 13.1. The fraction of sp³-hybridized carbons (Fsp3) is 0.421. The minimum absolute atomic E-state index is 0.170. The van der Waals surface area contributed by atoms with E-state index in [0.29, 0.717) is 6.61 Å². The number of carbonyl (C=O) groups excluding carboxylic acids is 1. The van der Waals surface area contributed by atoms with Gasteiger partial charge in [-0.05, 0) is 47.5 Å². The van der Waals surface area contributed by atoms with Gasteiger partial charge in [-0.25, -0.2) is 0 Å². The normalized spacial score (nSPS) is 12.4. The summed E-state index contributed by atoms with van der Waals surface area (Å²) in [6, 6.07) is 9.82. The van der Waals surface area contributed by atoms with Crippen molar-refractivity contribution in [3.8, 4) is 0 Å². The molecule has 2 aromatic rings. The Morgan fingerprint density at radius 1 is 1.25 bits per heavy atom. The Balaban J connectivity index is 2.21. The molecule has 0 aliphatic rings. The summed E-state index contributed by atoms with van der Waals surface area (Å²) in [5.74, 6) is 0. The van der Waals surface area contributed by atoms with E-state index in [-0.39, 0.29) is 5.04 Å². The van der Waals surface area contributed by atoms with Crippen LogP contribution in [0.3, 0.4) is 0 Å². The van der Waals surface area contributed by atoms with Crippen LogP contribution < -0.4 is 0 Å². The van der Waals surface area contributed by atoms with Gasteiger partial charge in [0.05, 0.1) is 11.5 Å². The van der Waals surface area contributed by atoms with Crippen molar-refractivity contribution in [3.63, 3.8) is 0 Å². The predicted octanol–water partition coefficient (Wildman–Crippen LogP) is 6.33. The van der Waals surface area contributed by atoms with Crippen LogP contribution in [0, 0.1) is 0 Å². The lowest BCUT2D eigenvalue weighted by atomic mass is 10.1. The van der Waals surface area contributed by atoms with Crippen LogP contribution in [0.2, 0.25) is 23.2 Å². The van der Waals surface area contributed by atoms with Crippen LogP contribution in [0.25, 0.3) is 0 Å². The van der Waals surface area contributed by atoms with Crippen LogP contribution >= 0.6 is 22.9 Å². The third kappa shape index (κ3) is 4.79. The molecule has 24 heavy (non-hydrogen) atoms. The van der Waals surface area contributed by atoms with Gasteiger partial charge in [-0.3, -0.25) is 4.79 Å². The van der Waals surface area contributed by atoms with Crippen LogP contribution in [-0.4, -0.2) is 14.6 Å². The van der Waals surface area contributed by atoms with E-state index >= 15 is 0 Å². The Hall–Kier alpha value is -0.943. The van der Waals surface area contributed by atoms with E-state index in [1.54, 1.807) is 11.3 Å². The van der Waals surface area contributed by atoms with E-state index in [4.69, 9.17) is 16.0 Å². The standard InChI is InChI=1S/C19H25ClO2SSi/c1-19(2,3)24(4,5)22-13-15-11-17(12-21)23-18(15)10-14-7-6-8-16(20)9-14/h6-9,11-12H,10,13H2,1-5H3. The molecular weight excluding hydrogens is 356 g/mol. The summed E-state index contributed by atoms with van der Waals surface area (Å²) in [6.45, 7) is 11.8. The highest BCUT2D eigenvalue weighted by Gasteiger charge is 2.37. The average Bonchev–Trinajstić information content (AvgIpc) is 2.86. The van der Waals surface area contributed by atoms with E-state index in [1.807, 2.05) is 24.3 Å². The SMILES string of the molecule is CC(C)(C)[Si](C)(C)OCc1cc(C=O)sc1Cc1cccc(Cl)c1. The largest absolute Gasteiger partial charge is 0.413 e. The molecule has 1 aromatic heterocycles. The second-order valence-electron chi connectivity index (χ2n) is 7.57. The number of halogens is 1. The number of benzene rings is 1. The van der Waals surface area contributed by atoms with Gasteiger partial charge in [0.15, 0.2) is 14.6 Å². The van der Waals surface area contributed by atoms with Crippen molar-refractivity contribution in [2.75, 3.05) is 0 Å². The summed E-state index contributed by atoms with van der Waals surface area (Å²) >= 11 is 7.63. The highest BCUT2D eigenvalue weighted by atomic mass is 35.5. The number of hydrogen-bond acceptors (Lipinski definition) is 3. The lowest BCUT2D eigenvalue weighted by Crippen LogP contribution is -2.40. The average molecular weight is 381 g/mol. The molecule has 0 fully saturated rings. The molecule has 5 heteroatoms. The monoisotopic (exact) mass is 380 g/mol. The van der Waals surface area contributed by atoms with Crippen molar-refractivity contribution in [3.05, 3.63) is 56.2 Å². The first-order chi connectivity index (χ1) is 11.1. The van der Waals surface area contributed by atoms with Gasteiger partial charge < -0.3 is 4.43 Å². The highest BCUT2D eigenvalue weighted by Crippen LogP contribution is 2.37. The lowest BCUT2D eigenvalue weighted by molar-refractivity contribution is 0.112. The lowest BCUT2D eigenvalue weighted by Gasteiger charge is -2.36. The zero-order chi connectivity index (χ0) is 18.0. The molecule has 0 amide bonds. The molecule has 0 atom stereocenters. The third-order valence-corrected chi connectivity index (χ3v) is 10.5. The molecule has 2 rings (SSSR count). The fourth-order valence-electron chi connectivity index (χ4n) is 2.13. The van der Waals surface area contributed by atoms with E-state index < -0.39 is 8.32 Å². The molecule has 0 N–H and O–H groups in total. The van der Waals surface area contributed by atoms with Gasteiger partial charge >= 0.3 is 0 Å². The molecular formula is C19H25ClO2SSi. The van der Waals surface area contributed by atoms with Gasteiger partial charge in [0.25, 0.3) is 0 Å². The second kappa shape index (κ2) is 7.52. The number of aldehydes is 1. The predicted molar refractivity (Wildman–Crippen MR) is 106 cm³/mol. The summed E-state index contributed by atoms with van der Waals surface area (Å²) in [6.07, 6.45) is 1.69. The summed E-state index contributed by atoms with van der Waals surface area (Å²) in [5.41, 5.74) is 2.27. The summed E-state index contributed by atoms with van der Waals surface area (Å²) < 4.78 is 6.34. The summed E-state index contributed by atoms with van der Waals surface area (Å²) in [7, 11) is -1.82. The van der Waals surface area contributed by atoms with Crippen LogP contribution in [0.15, 0.2) is 30.3 Å². The van der Waals surface area contributed by atoms with E-state index in [0.717, 1.165) is 33.7 Å². The van der Waals surface area contributed by atoms with Crippen molar-refractivity contribution >= 4 is 37.5 Å². The molecule has 1 heterocycles. The minimum Gasteiger partial charge on any atom is -0.413 e. The molecule has 0 spiro atoms. The zero-order valence-corrected chi connectivity index (χ0v) is 17.6. The molecule has 0 unspecified atom stereocenters. The molecule has 0 aliphatic heterocycles. The Bertz CT molecular complexity index is 716. The van der Waals surface area contributed by atoms with Crippen LogP contribution in [-0.2, 0) is 17.5 Å². The maximum Gasteiger partial charge on any atom is 0.192 e. The highest BCUT2D eigenvalue weighted by molar-refractivity contribution is 7.13. The van der Waals surface area contributed by atoms with E-state index in [9.17, 15) is 4.79 Å². The van der Waals surface area contributed by atoms with Gasteiger partial charge in [-0.2, -0.15) is 0 Å². The van der Waals surface area contributed by atoms with Crippen LogP contribution in [0.4, 0.5) is 0 Å². The van der Waals surface area contributed by atoms with Crippen molar-refractivity contribution in [1.29, 1.82) is 0 Å². The van der Waals surface area contributed by atoms with Crippen LogP contribution in [0.1, 0.15) is 46.4 Å².